The third-order valence-corrected chi connectivity index (χ3v) is 2.34. The summed E-state index contributed by atoms with van der Waals surface area (Å²) in [5.74, 6) is 0. The molecule has 0 aliphatic carbocycles. The van der Waals surface area contributed by atoms with Crippen LogP contribution >= 0.6 is 12.2 Å². The fourth-order valence-corrected chi connectivity index (χ4v) is 1.68. The van der Waals surface area contributed by atoms with Gasteiger partial charge in [0.2, 0.25) is 0 Å². The molecule has 0 aliphatic heterocycles. The van der Waals surface area contributed by atoms with E-state index < -0.39 is 0 Å². The average molecular weight is 210 g/mol. The minimum Gasteiger partial charge on any atom is -0.339 e. The molecule has 14 heavy (non-hydrogen) atoms. The molecule has 2 N–H and O–H groups in total. The molecule has 2 rings (SSSR count). The van der Waals surface area contributed by atoms with Crippen molar-refractivity contribution in [2.75, 3.05) is 0 Å². The van der Waals surface area contributed by atoms with Crippen LogP contribution in [0.3, 0.4) is 0 Å². The van der Waals surface area contributed by atoms with E-state index in [1.54, 1.807) is 0 Å². The molecule has 0 bridgehead atoms. The second kappa shape index (κ2) is 3.38. The minimum absolute atomic E-state index is 0.213. The first-order valence-corrected chi connectivity index (χ1v) is 4.81. The van der Waals surface area contributed by atoms with Gasteiger partial charge in [-0.2, -0.15) is 0 Å². The predicted octanol–water partition coefficient (Wildman–Crippen LogP) is 1.19. The van der Waals surface area contributed by atoms with Crippen LogP contribution in [0.1, 0.15) is 13.3 Å². The zero-order valence-corrected chi connectivity index (χ0v) is 8.52. The van der Waals surface area contributed by atoms with Crippen molar-refractivity contribution < 1.29 is 0 Å². The molecule has 0 radical (unpaired) electrons. The van der Waals surface area contributed by atoms with Crippen molar-refractivity contribution in [1.29, 1.82) is 0 Å². The van der Waals surface area contributed by atoms with E-state index in [-0.39, 0.29) is 5.56 Å². The second-order valence-electron chi connectivity index (χ2n) is 3.01. The molecule has 0 aromatic carbocycles. The van der Waals surface area contributed by atoms with E-state index in [0.717, 1.165) is 13.0 Å². The lowest BCUT2D eigenvalue weighted by Crippen LogP contribution is -2.14. The maximum Gasteiger partial charge on any atom is 0.277 e. The van der Waals surface area contributed by atoms with Gasteiger partial charge < -0.3 is 9.55 Å². The monoisotopic (exact) mass is 210 g/mol. The molecule has 0 atom stereocenters. The van der Waals surface area contributed by atoms with Crippen LogP contribution in [0.15, 0.2) is 11.1 Å². The highest BCUT2D eigenvalue weighted by Gasteiger charge is 2.06. The Bertz CT molecular complexity index is 564. The number of nitrogens with zero attached hydrogens (tertiary/aromatic N) is 2. The zero-order chi connectivity index (χ0) is 10.1. The van der Waals surface area contributed by atoms with E-state index in [1.165, 1.54) is 6.33 Å². The van der Waals surface area contributed by atoms with E-state index in [0.29, 0.717) is 15.9 Å². The fraction of sp³-hybridized carbons (Fsp3) is 0.375. The number of imidazole rings is 1. The van der Waals surface area contributed by atoms with Gasteiger partial charge in [-0.15, -0.1) is 0 Å². The van der Waals surface area contributed by atoms with Gasteiger partial charge in [0, 0.05) is 6.54 Å². The quantitative estimate of drug-likeness (QED) is 0.732. The number of rotatable bonds is 2. The molecule has 2 aromatic rings. The van der Waals surface area contributed by atoms with Crippen molar-refractivity contribution in [3.8, 4) is 0 Å². The maximum atomic E-state index is 11.4. The summed E-state index contributed by atoms with van der Waals surface area (Å²) in [7, 11) is 0. The molecule has 0 unspecified atom stereocenters. The molecule has 0 amide bonds. The summed E-state index contributed by atoms with van der Waals surface area (Å²) in [5, 5.41) is 0. The van der Waals surface area contributed by atoms with Crippen molar-refractivity contribution in [2.24, 2.45) is 0 Å². The number of fused-ring (bicyclic) bond motifs is 1. The summed E-state index contributed by atoms with van der Waals surface area (Å²) in [4.78, 5) is 20.9. The molecule has 5 nitrogen and oxygen atoms in total. The number of aromatic nitrogens is 4. The molecule has 0 spiro atoms. The van der Waals surface area contributed by atoms with Crippen LogP contribution in [0.25, 0.3) is 11.2 Å². The van der Waals surface area contributed by atoms with Crippen LogP contribution in [-0.4, -0.2) is 19.5 Å². The Morgan fingerprint density at radius 2 is 2.43 bits per heavy atom. The van der Waals surface area contributed by atoms with Gasteiger partial charge in [-0.05, 0) is 18.6 Å². The predicted molar refractivity (Wildman–Crippen MR) is 55.8 cm³/mol. The van der Waals surface area contributed by atoms with Crippen LogP contribution in [0, 0.1) is 4.77 Å². The van der Waals surface area contributed by atoms with Crippen molar-refractivity contribution >= 4 is 23.4 Å². The van der Waals surface area contributed by atoms with E-state index in [2.05, 4.69) is 15.0 Å². The summed E-state index contributed by atoms with van der Waals surface area (Å²) >= 11 is 5.05. The van der Waals surface area contributed by atoms with Gasteiger partial charge >= 0.3 is 0 Å². The Labute approximate surface area is 84.8 Å². The third-order valence-electron chi connectivity index (χ3n) is 2.01. The van der Waals surface area contributed by atoms with Crippen LogP contribution < -0.4 is 5.56 Å². The number of aromatic amines is 2. The smallest absolute Gasteiger partial charge is 0.277 e. The third kappa shape index (κ3) is 1.27. The highest BCUT2D eigenvalue weighted by molar-refractivity contribution is 7.71. The number of hydrogen-bond acceptors (Lipinski definition) is 3. The van der Waals surface area contributed by atoms with Crippen molar-refractivity contribution in [3.63, 3.8) is 0 Å². The largest absolute Gasteiger partial charge is 0.339 e. The fourth-order valence-electron chi connectivity index (χ4n) is 1.41. The first kappa shape index (κ1) is 9.14. The number of H-pyrrole nitrogens is 2. The molecule has 0 saturated carbocycles. The van der Waals surface area contributed by atoms with E-state index in [9.17, 15) is 4.79 Å². The van der Waals surface area contributed by atoms with Crippen molar-refractivity contribution in [2.45, 2.75) is 19.9 Å². The lowest BCUT2D eigenvalue weighted by molar-refractivity contribution is 0.668. The van der Waals surface area contributed by atoms with Gasteiger partial charge in [0.25, 0.3) is 5.56 Å². The van der Waals surface area contributed by atoms with Crippen LogP contribution in [0.4, 0.5) is 0 Å². The van der Waals surface area contributed by atoms with Crippen LogP contribution in [0.5, 0.6) is 0 Å². The lowest BCUT2D eigenvalue weighted by atomic mass is 10.4. The average Bonchev–Trinajstić information content (AvgIpc) is 2.60. The second-order valence-corrected chi connectivity index (χ2v) is 3.40. The number of aryl methyl sites for hydroxylation is 1. The van der Waals surface area contributed by atoms with Gasteiger partial charge in [0.05, 0.1) is 6.33 Å². The molecular formula is C8H10N4OS. The van der Waals surface area contributed by atoms with Gasteiger partial charge in [0.1, 0.15) is 5.52 Å². The summed E-state index contributed by atoms with van der Waals surface area (Å²) in [6.45, 7) is 2.81. The Morgan fingerprint density at radius 3 is 3.14 bits per heavy atom. The maximum absolute atomic E-state index is 11.4. The SMILES string of the molecule is CCCn1c(=S)[nH]c(=O)c2[nH]cnc21. The highest BCUT2D eigenvalue weighted by Crippen LogP contribution is 2.04. The van der Waals surface area contributed by atoms with E-state index in [4.69, 9.17) is 12.2 Å². The first-order valence-electron chi connectivity index (χ1n) is 4.40. The molecule has 74 valence electrons. The number of hydrogen-bond donors (Lipinski definition) is 2. The Morgan fingerprint density at radius 1 is 1.64 bits per heavy atom. The van der Waals surface area contributed by atoms with Crippen molar-refractivity contribution in [3.05, 3.63) is 21.5 Å². The Hall–Kier alpha value is -1.43. The first-order chi connectivity index (χ1) is 6.74. The van der Waals surface area contributed by atoms with Gasteiger partial charge in [-0.25, -0.2) is 4.98 Å². The molecule has 0 aliphatic rings. The zero-order valence-electron chi connectivity index (χ0n) is 7.70. The molecule has 2 aromatic heterocycles. The van der Waals surface area contributed by atoms with Gasteiger partial charge in [-0.3, -0.25) is 9.78 Å². The van der Waals surface area contributed by atoms with Gasteiger partial charge in [-0.1, -0.05) is 6.92 Å². The van der Waals surface area contributed by atoms with E-state index >= 15 is 0 Å². The number of nitrogens with one attached hydrogen (secondary N) is 2. The standard InChI is InChI=1S/C8H10N4OS/c1-2-3-12-6-5(9-4-10-6)7(13)11-8(12)14/h4H,2-3H2,1H3,(H,9,10)(H,11,13,14). The lowest BCUT2D eigenvalue weighted by Gasteiger charge is -2.04. The van der Waals surface area contributed by atoms with Crippen LogP contribution in [-0.2, 0) is 6.54 Å². The normalized spacial score (nSPS) is 10.9. The molecule has 2 heterocycles. The van der Waals surface area contributed by atoms with Crippen LogP contribution in [0.2, 0.25) is 0 Å². The van der Waals surface area contributed by atoms with Crippen molar-refractivity contribution in [1.82, 2.24) is 19.5 Å². The van der Waals surface area contributed by atoms with E-state index in [1.807, 2.05) is 11.5 Å². The minimum atomic E-state index is -0.213. The molecule has 0 saturated heterocycles. The summed E-state index contributed by atoms with van der Waals surface area (Å²) in [6, 6.07) is 0. The Balaban J connectivity index is 2.86. The summed E-state index contributed by atoms with van der Waals surface area (Å²) in [5.41, 5.74) is 0.891. The topological polar surface area (TPSA) is 66.5 Å². The molecule has 0 fully saturated rings. The Kier molecular flexibility index (Phi) is 2.20. The highest BCUT2D eigenvalue weighted by atomic mass is 32.1. The summed E-state index contributed by atoms with van der Waals surface area (Å²) < 4.78 is 2.25. The molecule has 6 heteroatoms. The van der Waals surface area contributed by atoms with Gasteiger partial charge in [0.15, 0.2) is 10.4 Å². The summed E-state index contributed by atoms with van der Waals surface area (Å²) in [6.07, 6.45) is 2.45. The molecular weight excluding hydrogens is 200 g/mol.